The number of carbonyl (C=O) groups excluding carboxylic acids is 1. The quantitative estimate of drug-likeness (QED) is 0.491. The van der Waals surface area contributed by atoms with Crippen LogP contribution in [-0.2, 0) is 6.54 Å². The summed E-state index contributed by atoms with van der Waals surface area (Å²) in [7, 11) is 0. The molecular weight excluding hydrogens is 448 g/mol. The molecule has 5 rings (SSSR count). The largest absolute Gasteiger partial charge is 0.365 e. The number of H-pyrrole nitrogens is 1. The third kappa shape index (κ3) is 4.17. The lowest BCUT2D eigenvalue weighted by atomic mass is 10.1. The molecule has 1 amide bonds. The second-order valence-electron chi connectivity index (χ2n) is 8.81. The van der Waals surface area contributed by atoms with E-state index in [0.717, 1.165) is 12.1 Å². The number of carbonyl (C=O) groups is 1. The fourth-order valence-corrected chi connectivity index (χ4v) is 5.36. The Morgan fingerprint density at radius 2 is 1.88 bits per heavy atom. The van der Waals surface area contributed by atoms with Crippen LogP contribution in [0.5, 0.6) is 0 Å². The minimum atomic E-state index is -0.434. The van der Waals surface area contributed by atoms with Crippen molar-refractivity contribution in [3.8, 4) is 0 Å². The molecule has 1 atom stereocenters. The van der Waals surface area contributed by atoms with Gasteiger partial charge in [-0.2, -0.15) is 0 Å². The number of nitrogens with zero attached hydrogens (tertiary/aromatic N) is 3. The van der Waals surface area contributed by atoms with Gasteiger partial charge in [0.15, 0.2) is 0 Å². The van der Waals surface area contributed by atoms with Crippen LogP contribution in [-0.4, -0.2) is 46.0 Å². The van der Waals surface area contributed by atoms with Crippen LogP contribution < -0.4 is 16.1 Å². The van der Waals surface area contributed by atoms with Gasteiger partial charge in [0.25, 0.3) is 11.5 Å². The number of hydrogen-bond acceptors (Lipinski definition) is 5. The van der Waals surface area contributed by atoms with E-state index in [1.807, 2.05) is 17.0 Å². The van der Waals surface area contributed by atoms with E-state index >= 15 is 0 Å². The van der Waals surface area contributed by atoms with E-state index in [0.29, 0.717) is 28.9 Å². The third-order valence-electron chi connectivity index (χ3n) is 6.38. The highest BCUT2D eigenvalue weighted by atomic mass is 32.1. The zero-order valence-electron chi connectivity index (χ0n) is 19.2. The molecule has 2 aromatic carbocycles. The number of aryl methyl sites for hydroxylation is 1. The number of aromatic amines is 1. The molecule has 1 N–H and O–H groups in total. The first-order valence-corrected chi connectivity index (χ1v) is 12.2. The minimum Gasteiger partial charge on any atom is -0.365 e. The van der Waals surface area contributed by atoms with E-state index in [9.17, 15) is 14.4 Å². The molecule has 3 heterocycles. The van der Waals surface area contributed by atoms with Crippen molar-refractivity contribution in [3.05, 3.63) is 97.5 Å². The van der Waals surface area contributed by atoms with Crippen molar-refractivity contribution in [2.45, 2.75) is 26.4 Å². The molecule has 34 heavy (non-hydrogen) atoms. The van der Waals surface area contributed by atoms with E-state index in [2.05, 4.69) is 48.0 Å². The molecule has 0 saturated carbocycles. The highest BCUT2D eigenvalue weighted by molar-refractivity contribution is 7.17. The lowest BCUT2D eigenvalue weighted by Crippen LogP contribution is -2.53. The van der Waals surface area contributed by atoms with Crippen LogP contribution in [0.25, 0.3) is 10.2 Å². The van der Waals surface area contributed by atoms with Crippen molar-refractivity contribution in [1.29, 1.82) is 0 Å². The molecule has 8 heteroatoms. The van der Waals surface area contributed by atoms with Crippen molar-refractivity contribution in [2.24, 2.45) is 0 Å². The molecule has 1 aliphatic heterocycles. The molecule has 4 aromatic rings. The number of aromatic nitrogens is 2. The van der Waals surface area contributed by atoms with Gasteiger partial charge in [-0.3, -0.25) is 14.2 Å². The Bertz CT molecular complexity index is 1470. The number of amides is 1. The van der Waals surface area contributed by atoms with Crippen molar-refractivity contribution in [3.63, 3.8) is 0 Å². The number of thiophene rings is 1. The van der Waals surface area contributed by atoms with E-state index in [-0.39, 0.29) is 24.1 Å². The van der Waals surface area contributed by atoms with Gasteiger partial charge in [0, 0.05) is 36.9 Å². The maximum Gasteiger partial charge on any atom is 0.329 e. The summed E-state index contributed by atoms with van der Waals surface area (Å²) in [6.45, 7) is 6.48. The average molecular weight is 475 g/mol. The summed E-state index contributed by atoms with van der Waals surface area (Å²) >= 11 is 1.31. The summed E-state index contributed by atoms with van der Waals surface area (Å²) in [4.78, 5) is 45.2. The second kappa shape index (κ2) is 8.95. The van der Waals surface area contributed by atoms with Crippen LogP contribution >= 0.6 is 11.3 Å². The van der Waals surface area contributed by atoms with Gasteiger partial charge in [-0.15, -0.1) is 11.3 Å². The fourth-order valence-electron chi connectivity index (χ4n) is 4.56. The second-order valence-corrected chi connectivity index (χ2v) is 9.73. The molecule has 0 radical (unpaired) electrons. The van der Waals surface area contributed by atoms with Gasteiger partial charge in [0.1, 0.15) is 4.70 Å². The number of anilines is 1. The normalized spacial score (nSPS) is 16.2. The fraction of sp³-hybridized carbons (Fsp3) is 0.269. The Hall–Kier alpha value is -3.65. The molecule has 2 aromatic heterocycles. The summed E-state index contributed by atoms with van der Waals surface area (Å²) in [5, 5.41) is 1.79. The zero-order chi connectivity index (χ0) is 23.8. The van der Waals surface area contributed by atoms with E-state index in [1.54, 1.807) is 23.6 Å². The number of rotatable bonds is 4. The number of fused-ring (bicyclic) bond motifs is 1. The summed E-state index contributed by atoms with van der Waals surface area (Å²) in [6.07, 6.45) is 0. The molecule has 1 unspecified atom stereocenters. The van der Waals surface area contributed by atoms with Crippen molar-refractivity contribution < 1.29 is 4.79 Å². The van der Waals surface area contributed by atoms with Crippen LogP contribution in [0.1, 0.15) is 28.4 Å². The highest BCUT2D eigenvalue weighted by Gasteiger charge is 2.27. The van der Waals surface area contributed by atoms with Gasteiger partial charge in [-0.25, -0.2) is 4.79 Å². The number of piperazine rings is 1. The van der Waals surface area contributed by atoms with E-state index in [1.165, 1.54) is 27.2 Å². The van der Waals surface area contributed by atoms with Gasteiger partial charge in [-0.1, -0.05) is 24.3 Å². The highest BCUT2D eigenvalue weighted by Crippen LogP contribution is 2.22. The summed E-state index contributed by atoms with van der Waals surface area (Å²) in [5.74, 6) is -0.00249. The average Bonchev–Trinajstić information content (AvgIpc) is 3.30. The Morgan fingerprint density at radius 1 is 1.09 bits per heavy atom. The standard InChI is InChI=1S/C26H26N4O3S/c1-17-4-3-5-21(14-17)29-12-11-28(15-18(29)2)24(31)20-8-6-19(7-9-20)16-30-25(32)23-22(10-13-34-23)27-26(30)33/h3-10,13-14,18H,11-12,15-16H2,1-2H3,(H,27,33). The monoisotopic (exact) mass is 474 g/mol. The molecule has 1 aliphatic rings. The molecule has 7 nitrogen and oxygen atoms in total. The van der Waals surface area contributed by atoms with Crippen LogP contribution in [0.2, 0.25) is 0 Å². The van der Waals surface area contributed by atoms with E-state index in [4.69, 9.17) is 0 Å². The SMILES string of the molecule is Cc1cccc(N2CCN(C(=O)c3ccc(Cn4c(=O)[nH]c5ccsc5c4=O)cc3)CC2C)c1. The Balaban J connectivity index is 1.28. The number of benzene rings is 2. The maximum atomic E-state index is 13.1. The molecule has 0 spiro atoms. The Labute approximate surface area is 200 Å². The lowest BCUT2D eigenvalue weighted by Gasteiger charge is -2.41. The molecule has 0 aliphatic carbocycles. The first kappa shape index (κ1) is 22.2. The Morgan fingerprint density at radius 3 is 2.62 bits per heavy atom. The predicted octanol–water partition coefficient (Wildman–Crippen LogP) is 3.46. The maximum absolute atomic E-state index is 13.1. The van der Waals surface area contributed by atoms with E-state index < -0.39 is 5.69 Å². The number of hydrogen-bond donors (Lipinski definition) is 1. The third-order valence-corrected chi connectivity index (χ3v) is 7.28. The smallest absolute Gasteiger partial charge is 0.329 e. The van der Waals surface area contributed by atoms with Gasteiger partial charge in [0.05, 0.1) is 12.1 Å². The van der Waals surface area contributed by atoms with Gasteiger partial charge in [0.2, 0.25) is 0 Å². The summed E-state index contributed by atoms with van der Waals surface area (Å²) in [5.41, 5.74) is 3.64. The first-order valence-electron chi connectivity index (χ1n) is 11.3. The van der Waals surface area contributed by atoms with Crippen LogP contribution in [0.3, 0.4) is 0 Å². The molecule has 0 bridgehead atoms. The van der Waals surface area contributed by atoms with Crippen LogP contribution in [0, 0.1) is 6.92 Å². The molecule has 1 saturated heterocycles. The lowest BCUT2D eigenvalue weighted by molar-refractivity contribution is 0.0726. The first-order chi connectivity index (χ1) is 16.4. The van der Waals surface area contributed by atoms with Gasteiger partial charge < -0.3 is 14.8 Å². The Kier molecular flexibility index (Phi) is 5.83. The topological polar surface area (TPSA) is 78.4 Å². The van der Waals surface area contributed by atoms with Crippen LogP contribution in [0.4, 0.5) is 5.69 Å². The predicted molar refractivity (Wildman–Crippen MR) is 136 cm³/mol. The van der Waals surface area contributed by atoms with Crippen molar-refractivity contribution in [1.82, 2.24) is 14.5 Å². The minimum absolute atomic E-state index is 0.00249. The van der Waals surface area contributed by atoms with Gasteiger partial charge in [-0.05, 0) is 60.7 Å². The molecule has 174 valence electrons. The molecule has 1 fully saturated rings. The van der Waals surface area contributed by atoms with Crippen LogP contribution in [0.15, 0.2) is 69.6 Å². The van der Waals surface area contributed by atoms with Crippen molar-refractivity contribution >= 4 is 33.1 Å². The van der Waals surface area contributed by atoms with Gasteiger partial charge >= 0.3 is 5.69 Å². The number of nitrogens with one attached hydrogen (secondary N) is 1. The zero-order valence-corrected chi connectivity index (χ0v) is 20.0. The summed E-state index contributed by atoms with van der Waals surface area (Å²) < 4.78 is 1.73. The molecular formula is C26H26N4O3S. The summed E-state index contributed by atoms with van der Waals surface area (Å²) in [6, 6.07) is 17.6. The van der Waals surface area contributed by atoms with Crippen molar-refractivity contribution in [2.75, 3.05) is 24.5 Å².